The van der Waals surface area contributed by atoms with Crippen LogP contribution in [0.15, 0.2) is 0 Å². The van der Waals surface area contributed by atoms with Crippen LogP contribution >= 0.6 is 0 Å². The number of carbonyl (C=O) groups excluding carboxylic acids is 1. The van der Waals surface area contributed by atoms with Gasteiger partial charge in [0.1, 0.15) is 0 Å². The Morgan fingerprint density at radius 3 is 2.04 bits per heavy atom. The molecule has 0 radical (unpaired) electrons. The molecule has 0 bridgehead atoms. The number of rotatable bonds is 8. The third-order valence-corrected chi connectivity index (χ3v) is 6.64. The van der Waals surface area contributed by atoms with E-state index in [4.69, 9.17) is 4.74 Å². The number of unbranched alkanes of at least 4 members (excludes halogenated alkanes) is 1. The molecule has 2 aliphatic carbocycles. The molecule has 0 saturated heterocycles. The molecule has 0 heterocycles. The number of esters is 1. The van der Waals surface area contributed by atoms with Crippen LogP contribution in [0.3, 0.4) is 0 Å². The van der Waals surface area contributed by atoms with E-state index in [1.807, 2.05) is 6.92 Å². The highest BCUT2D eigenvalue weighted by Crippen LogP contribution is 2.42. The van der Waals surface area contributed by atoms with Crippen molar-refractivity contribution in [3.05, 3.63) is 0 Å². The Hall–Kier alpha value is -0.530. The molecular formula is C22H40O2. The number of hydrogen-bond acceptors (Lipinski definition) is 2. The van der Waals surface area contributed by atoms with Gasteiger partial charge in [0.2, 0.25) is 0 Å². The molecule has 2 rings (SSSR count). The van der Waals surface area contributed by atoms with Crippen LogP contribution in [0.1, 0.15) is 104 Å². The fourth-order valence-corrected chi connectivity index (χ4v) is 5.03. The van der Waals surface area contributed by atoms with Crippen LogP contribution in [0.25, 0.3) is 0 Å². The summed E-state index contributed by atoms with van der Waals surface area (Å²) in [4.78, 5) is 12.3. The molecule has 2 heteroatoms. The largest absolute Gasteiger partial charge is 0.462 e. The molecule has 2 aliphatic rings. The second kappa shape index (κ2) is 10.5. The van der Waals surface area contributed by atoms with Crippen molar-refractivity contribution < 1.29 is 9.53 Å². The van der Waals surface area contributed by atoms with Crippen molar-refractivity contribution in [1.82, 2.24) is 0 Å². The van der Waals surface area contributed by atoms with Gasteiger partial charge in [0, 0.05) is 0 Å². The zero-order valence-electron chi connectivity index (χ0n) is 16.4. The van der Waals surface area contributed by atoms with E-state index in [1.165, 1.54) is 57.8 Å². The maximum Gasteiger partial charge on any atom is 0.309 e. The third kappa shape index (κ3) is 6.08. The maximum atomic E-state index is 12.3. The molecule has 0 N–H and O–H groups in total. The maximum absolute atomic E-state index is 12.3. The predicted molar refractivity (Wildman–Crippen MR) is 101 cm³/mol. The minimum absolute atomic E-state index is 0.0868. The fourth-order valence-electron chi connectivity index (χ4n) is 5.03. The van der Waals surface area contributed by atoms with Crippen LogP contribution < -0.4 is 0 Å². The van der Waals surface area contributed by atoms with Crippen molar-refractivity contribution in [2.45, 2.75) is 110 Å². The molecule has 0 aromatic rings. The quantitative estimate of drug-likeness (QED) is 0.471. The van der Waals surface area contributed by atoms with E-state index < -0.39 is 0 Å². The van der Waals surface area contributed by atoms with Gasteiger partial charge in [0.05, 0.1) is 12.0 Å². The van der Waals surface area contributed by atoms with Crippen molar-refractivity contribution in [3.63, 3.8) is 0 Å². The highest BCUT2D eigenvalue weighted by molar-refractivity contribution is 5.72. The standard InChI is InChI=1S/C22H40O2/c1-4-6-8-17(3)24-22(23)21-15-13-20(14-16-21)19-11-9-18(7-5-2)10-12-19/h17-21H,4-16H2,1-3H3. The Labute approximate surface area is 150 Å². The molecule has 0 aromatic heterocycles. The Morgan fingerprint density at radius 2 is 1.50 bits per heavy atom. The molecule has 0 aromatic carbocycles. The van der Waals surface area contributed by atoms with Crippen LogP contribution in [0, 0.1) is 23.7 Å². The van der Waals surface area contributed by atoms with Crippen LogP contribution in [0.2, 0.25) is 0 Å². The van der Waals surface area contributed by atoms with E-state index >= 15 is 0 Å². The zero-order chi connectivity index (χ0) is 17.4. The molecule has 1 atom stereocenters. The first-order chi connectivity index (χ1) is 11.6. The molecule has 2 fully saturated rings. The van der Waals surface area contributed by atoms with Gasteiger partial charge >= 0.3 is 5.97 Å². The van der Waals surface area contributed by atoms with Gasteiger partial charge in [-0.3, -0.25) is 4.79 Å². The van der Waals surface area contributed by atoms with Gasteiger partial charge in [0.15, 0.2) is 0 Å². The first-order valence-corrected chi connectivity index (χ1v) is 10.8. The van der Waals surface area contributed by atoms with Gasteiger partial charge in [-0.15, -0.1) is 0 Å². The minimum atomic E-state index is 0.0868. The second-order valence-electron chi connectivity index (χ2n) is 8.57. The van der Waals surface area contributed by atoms with Crippen molar-refractivity contribution in [2.75, 3.05) is 0 Å². The van der Waals surface area contributed by atoms with Crippen molar-refractivity contribution in [1.29, 1.82) is 0 Å². The summed E-state index contributed by atoms with van der Waals surface area (Å²) in [6.45, 7) is 6.55. The summed E-state index contributed by atoms with van der Waals surface area (Å²) in [5.41, 5.74) is 0. The molecule has 0 spiro atoms. The minimum Gasteiger partial charge on any atom is -0.462 e. The van der Waals surface area contributed by atoms with Crippen LogP contribution in [0.5, 0.6) is 0 Å². The van der Waals surface area contributed by atoms with Crippen LogP contribution in [-0.4, -0.2) is 12.1 Å². The lowest BCUT2D eigenvalue weighted by atomic mass is 9.69. The van der Waals surface area contributed by atoms with E-state index in [1.54, 1.807) is 0 Å². The molecule has 2 nitrogen and oxygen atoms in total. The Balaban J connectivity index is 1.67. The summed E-state index contributed by atoms with van der Waals surface area (Å²) in [7, 11) is 0. The Morgan fingerprint density at radius 1 is 0.917 bits per heavy atom. The molecule has 0 aliphatic heterocycles. The average Bonchev–Trinajstić information content (AvgIpc) is 2.61. The fraction of sp³-hybridized carbons (Fsp3) is 0.955. The summed E-state index contributed by atoms with van der Waals surface area (Å²) in [5.74, 6) is 3.10. The Kier molecular flexibility index (Phi) is 8.62. The van der Waals surface area contributed by atoms with Gasteiger partial charge in [0.25, 0.3) is 0 Å². The van der Waals surface area contributed by atoms with Crippen molar-refractivity contribution in [2.24, 2.45) is 23.7 Å². The van der Waals surface area contributed by atoms with Crippen LogP contribution in [0.4, 0.5) is 0 Å². The predicted octanol–water partition coefficient (Wildman–Crippen LogP) is 6.52. The first-order valence-electron chi connectivity index (χ1n) is 10.8. The van der Waals surface area contributed by atoms with Crippen LogP contribution in [-0.2, 0) is 9.53 Å². The molecule has 24 heavy (non-hydrogen) atoms. The van der Waals surface area contributed by atoms with Gasteiger partial charge in [-0.2, -0.15) is 0 Å². The van der Waals surface area contributed by atoms with E-state index in [-0.39, 0.29) is 18.0 Å². The van der Waals surface area contributed by atoms with E-state index in [0.717, 1.165) is 43.4 Å². The summed E-state index contributed by atoms with van der Waals surface area (Å²) in [5, 5.41) is 0. The average molecular weight is 337 g/mol. The summed E-state index contributed by atoms with van der Waals surface area (Å²) >= 11 is 0. The van der Waals surface area contributed by atoms with Crippen molar-refractivity contribution in [3.8, 4) is 0 Å². The topological polar surface area (TPSA) is 26.3 Å². The lowest BCUT2D eigenvalue weighted by Crippen LogP contribution is -2.30. The second-order valence-corrected chi connectivity index (χ2v) is 8.57. The third-order valence-electron chi connectivity index (χ3n) is 6.64. The number of carbonyl (C=O) groups is 1. The van der Waals surface area contributed by atoms with E-state index in [0.29, 0.717) is 0 Å². The van der Waals surface area contributed by atoms with Gasteiger partial charge in [-0.1, -0.05) is 52.4 Å². The lowest BCUT2D eigenvalue weighted by molar-refractivity contribution is -0.155. The smallest absolute Gasteiger partial charge is 0.309 e. The SMILES string of the molecule is CCCCC(C)OC(=O)C1CCC(C2CCC(CCC)CC2)CC1. The van der Waals surface area contributed by atoms with Gasteiger partial charge in [-0.25, -0.2) is 0 Å². The molecule has 140 valence electrons. The number of ether oxygens (including phenoxy) is 1. The van der Waals surface area contributed by atoms with Crippen molar-refractivity contribution >= 4 is 5.97 Å². The van der Waals surface area contributed by atoms with E-state index in [9.17, 15) is 4.79 Å². The summed E-state index contributed by atoms with van der Waals surface area (Å²) in [6, 6.07) is 0. The Bertz CT molecular complexity index is 349. The van der Waals surface area contributed by atoms with E-state index in [2.05, 4.69) is 13.8 Å². The zero-order valence-corrected chi connectivity index (χ0v) is 16.4. The summed E-state index contributed by atoms with van der Waals surface area (Å²) in [6.07, 6.45) is 16.7. The normalized spacial score (nSPS) is 32.3. The monoisotopic (exact) mass is 336 g/mol. The summed E-state index contributed by atoms with van der Waals surface area (Å²) < 4.78 is 5.67. The highest BCUT2D eigenvalue weighted by Gasteiger charge is 2.33. The van der Waals surface area contributed by atoms with Gasteiger partial charge < -0.3 is 4.74 Å². The lowest BCUT2D eigenvalue weighted by Gasteiger charge is -2.37. The molecule has 2 saturated carbocycles. The molecule has 0 amide bonds. The highest BCUT2D eigenvalue weighted by atomic mass is 16.5. The molecule has 1 unspecified atom stereocenters. The van der Waals surface area contributed by atoms with Gasteiger partial charge in [-0.05, 0) is 69.6 Å². The number of hydrogen-bond donors (Lipinski definition) is 0. The molecular weight excluding hydrogens is 296 g/mol. The first kappa shape index (κ1) is 19.8.